The average molecular weight is 341 g/mol. The van der Waals surface area contributed by atoms with Gasteiger partial charge in [-0.05, 0) is 44.2 Å². The summed E-state index contributed by atoms with van der Waals surface area (Å²) in [5.41, 5.74) is 2.87. The summed E-state index contributed by atoms with van der Waals surface area (Å²) in [6.07, 6.45) is 8.30. The van der Waals surface area contributed by atoms with Gasteiger partial charge in [0.1, 0.15) is 0 Å². The van der Waals surface area contributed by atoms with Crippen LogP contribution in [0.4, 0.5) is 0 Å². The predicted octanol–water partition coefficient (Wildman–Crippen LogP) is 0.490. The Bertz CT molecular complexity index is 901. The molecule has 0 N–H and O–H groups in total. The first-order chi connectivity index (χ1) is 12.1. The van der Waals surface area contributed by atoms with Crippen LogP contribution in [-0.4, -0.2) is 36.8 Å². The summed E-state index contributed by atoms with van der Waals surface area (Å²) >= 11 is 0. The maximum atomic E-state index is 12.3. The van der Waals surface area contributed by atoms with Crippen LogP contribution in [0.5, 0.6) is 0 Å². The van der Waals surface area contributed by atoms with Crippen molar-refractivity contribution in [2.75, 3.05) is 6.54 Å². The lowest BCUT2D eigenvalue weighted by Crippen LogP contribution is -2.38. The van der Waals surface area contributed by atoms with Crippen molar-refractivity contribution < 1.29 is 0 Å². The molecule has 2 aliphatic rings. The number of nitrogens with zero attached hydrogens (tertiary/aromatic N) is 5. The first-order valence-electron chi connectivity index (χ1n) is 8.95. The molecule has 0 amide bonds. The zero-order valence-electron chi connectivity index (χ0n) is 14.5. The third-order valence-electron chi connectivity index (χ3n) is 5.35. The maximum absolute atomic E-state index is 12.3. The van der Waals surface area contributed by atoms with Gasteiger partial charge in [0.25, 0.3) is 11.1 Å². The molecule has 0 aromatic carbocycles. The molecule has 2 aromatic heterocycles. The van der Waals surface area contributed by atoms with E-state index in [9.17, 15) is 9.59 Å². The second kappa shape index (κ2) is 6.55. The third kappa shape index (κ3) is 3.16. The summed E-state index contributed by atoms with van der Waals surface area (Å²) in [5, 5.41) is 4.59. The number of aromatic nitrogens is 4. The molecule has 25 heavy (non-hydrogen) atoms. The van der Waals surface area contributed by atoms with E-state index in [1.807, 2.05) is 0 Å². The standard InChI is InChI=1S/C18H23N5O2/c1-21-12-19-9-14(18(21)25)10-22-7-3-5-15(22)11-23-17(24)8-13-4-2-6-16(13)20-23/h8-9,12,15H,2-7,10-11H2,1H3. The van der Waals surface area contributed by atoms with Crippen molar-refractivity contribution in [2.24, 2.45) is 7.05 Å². The van der Waals surface area contributed by atoms with Crippen LogP contribution < -0.4 is 11.1 Å². The Hall–Kier alpha value is -2.28. The van der Waals surface area contributed by atoms with Gasteiger partial charge in [-0.2, -0.15) is 5.10 Å². The molecule has 1 aliphatic heterocycles. The SMILES string of the molecule is Cn1cncc(CN2CCCC2Cn2nc3c(cc2=O)CCC3)c1=O. The smallest absolute Gasteiger partial charge is 0.267 e. The Labute approximate surface area is 145 Å². The van der Waals surface area contributed by atoms with E-state index < -0.39 is 0 Å². The molecule has 1 saturated heterocycles. The Morgan fingerprint density at radius 3 is 3.00 bits per heavy atom. The lowest BCUT2D eigenvalue weighted by molar-refractivity contribution is 0.215. The zero-order chi connectivity index (χ0) is 17.4. The Kier molecular flexibility index (Phi) is 4.25. The molecule has 1 aliphatic carbocycles. The normalized spacial score (nSPS) is 20.1. The van der Waals surface area contributed by atoms with Gasteiger partial charge in [0.05, 0.1) is 18.6 Å². The summed E-state index contributed by atoms with van der Waals surface area (Å²) in [6.45, 7) is 2.10. The highest BCUT2D eigenvalue weighted by Gasteiger charge is 2.27. The van der Waals surface area contributed by atoms with Gasteiger partial charge in [-0.15, -0.1) is 0 Å². The summed E-state index contributed by atoms with van der Waals surface area (Å²) in [4.78, 5) is 31.0. The van der Waals surface area contributed by atoms with Gasteiger partial charge in [0, 0.05) is 37.5 Å². The largest absolute Gasteiger partial charge is 0.302 e. The lowest BCUT2D eigenvalue weighted by Gasteiger charge is -2.24. The van der Waals surface area contributed by atoms with Gasteiger partial charge >= 0.3 is 0 Å². The molecule has 0 bridgehead atoms. The van der Waals surface area contributed by atoms with Crippen LogP contribution in [-0.2, 0) is 33.0 Å². The van der Waals surface area contributed by atoms with Crippen molar-refractivity contribution >= 4 is 0 Å². The van der Waals surface area contributed by atoms with Crippen LogP contribution in [0.15, 0.2) is 28.2 Å². The monoisotopic (exact) mass is 341 g/mol. The molecule has 7 nitrogen and oxygen atoms in total. The number of hydrogen-bond donors (Lipinski definition) is 0. The molecule has 132 valence electrons. The van der Waals surface area contributed by atoms with E-state index in [0.29, 0.717) is 18.7 Å². The number of aryl methyl sites for hydroxylation is 3. The predicted molar refractivity (Wildman–Crippen MR) is 93.4 cm³/mol. The van der Waals surface area contributed by atoms with E-state index in [0.717, 1.165) is 49.9 Å². The van der Waals surface area contributed by atoms with Crippen LogP contribution in [0.1, 0.15) is 36.1 Å². The van der Waals surface area contributed by atoms with E-state index in [1.54, 1.807) is 24.0 Å². The first kappa shape index (κ1) is 16.2. The molecule has 1 unspecified atom stereocenters. The van der Waals surface area contributed by atoms with E-state index in [1.165, 1.54) is 10.9 Å². The van der Waals surface area contributed by atoms with Crippen molar-refractivity contribution in [3.05, 3.63) is 56.1 Å². The molecule has 1 fully saturated rings. The van der Waals surface area contributed by atoms with Crippen molar-refractivity contribution in [3.63, 3.8) is 0 Å². The van der Waals surface area contributed by atoms with Crippen LogP contribution in [0.3, 0.4) is 0 Å². The fourth-order valence-corrected chi connectivity index (χ4v) is 3.96. The number of hydrogen-bond acceptors (Lipinski definition) is 5. The lowest BCUT2D eigenvalue weighted by atomic mass is 10.2. The molecule has 4 rings (SSSR count). The molecule has 3 heterocycles. The van der Waals surface area contributed by atoms with E-state index in [-0.39, 0.29) is 17.2 Å². The van der Waals surface area contributed by atoms with Crippen LogP contribution in [0.2, 0.25) is 0 Å². The first-order valence-corrected chi connectivity index (χ1v) is 8.95. The molecule has 2 aromatic rings. The van der Waals surface area contributed by atoms with Crippen molar-refractivity contribution in [2.45, 2.75) is 51.2 Å². The van der Waals surface area contributed by atoms with Crippen molar-refractivity contribution in [1.29, 1.82) is 0 Å². The Balaban J connectivity index is 1.53. The second-order valence-electron chi connectivity index (χ2n) is 7.09. The van der Waals surface area contributed by atoms with E-state index in [4.69, 9.17) is 0 Å². The second-order valence-corrected chi connectivity index (χ2v) is 7.09. The van der Waals surface area contributed by atoms with Gasteiger partial charge in [0.2, 0.25) is 0 Å². The molecule has 0 spiro atoms. The topological polar surface area (TPSA) is 73.0 Å². The molecular formula is C18H23N5O2. The van der Waals surface area contributed by atoms with Crippen molar-refractivity contribution in [1.82, 2.24) is 24.2 Å². The maximum Gasteiger partial charge on any atom is 0.267 e. The van der Waals surface area contributed by atoms with Gasteiger partial charge in [-0.25, -0.2) is 9.67 Å². The Morgan fingerprint density at radius 2 is 2.12 bits per heavy atom. The van der Waals surface area contributed by atoms with E-state index in [2.05, 4.69) is 15.0 Å². The van der Waals surface area contributed by atoms with Crippen LogP contribution in [0.25, 0.3) is 0 Å². The zero-order valence-corrected chi connectivity index (χ0v) is 14.5. The summed E-state index contributed by atoms with van der Waals surface area (Å²) in [6, 6.07) is 1.99. The number of fused-ring (bicyclic) bond motifs is 1. The van der Waals surface area contributed by atoms with Crippen molar-refractivity contribution in [3.8, 4) is 0 Å². The number of likely N-dealkylation sites (tertiary alicyclic amines) is 1. The van der Waals surface area contributed by atoms with Crippen LogP contribution >= 0.6 is 0 Å². The fourth-order valence-electron chi connectivity index (χ4n) is 3.96. The minimum absolute atomic E-state index is 0.00604. The van der Waals surface area contributed by atoms with E-state index >= 15 is 0 Å². The highest BCUT2D eigenvalue weighted by Crippen LogP contribution is 2.21. The van der Waals surface area contributed by atoms with Gasteiger partial charge in [-0.3, -0.25) is 14.5 Å². The van der Waals surface area contributed by atoms with Gasteiger partial charge in [-0.1, -0.05) is 0 Å². The highest BCUT2D eigenvalue weighted by molar-refractivity contribution is 5.22. The molecule has 0 saturated carbocycles. The minimum atomic E-state index is -0.00945. The highest BCUT2D eigenvalue weighted by atomic mass is 16.1. The van der Waals surface area contributed by atoms with Gasteiger partial charge < -0.3 is 4.57 Å². The molecule has 1 atom stereocenters. The quantitative estimate of drug-likeness (QED) is 0.809. The number of rotatable bonds is 4. The molecule has 7 heteroatoms. The van der Waals surface area contributed by atoms with Gasteiger partial charge in [0.15, 0.2) is 0 Å². The summed E-state index contributed by atoms with van der Waals surface area (Å²) < 4.78 is 3.13. The Morgan fingerprint density at radius 1 is 1.24 bits per heavy atom. The third-order valence-corrected chi connectivity index (χ3v) is 5.35. The average Bonchev–Trinajstić information content (AvgIpc) is 3.21. The fraction of sp³-hybridized carbons (Fsp3) is 0.556. The van der Waals surface area contributed by atoms with Crippen LogP contribution in [0, 0.1) is 0 Å². The summed E-state index contributed by atoms with van der Waals surface area (Å²) in [5.74, 6) is 0. The minimum Gasteiger partial charge on any atom is -0.302 e. The molecular weight excluding hydrogens is 318 g/mol. The molecule has 0 radical (unpaired) electrons. The summed E-state index contributed by atoms with van der Waals surface area (Å²) in [7, 11) is 1.72.